The lowest BCUT2D eigenvalue weighted by atomic mass is 10.1. The third kappa shape index (κ3) is 2.49. The number of amides is 1. The Morgan fingerprint density at radius 2 is 2.22 bits per heavy atom. The topological polar surface area (TPSA) is 47.4 Å². The summed E-state index contributed by atoms with van der Waals surface area (Å²) in [5.74, 6) is 0.369. The number of ether oxygens (including phenoxy) is 1. The number of aryl methyl sites for hydroxylation is 2. The molecule has 1 amide bonds. The third-order valence-corrected chi connectivity index (χ3v) is 3.25. The van der Waals surface area contributed by atoms with E-state index in [9.17, 15) is 4.79 Å². The van der Waals surface area contributed by atoms with Gasteiger partial charge in [-0.1, -0.05) is 13.8 Å². The summed E-state index contributed by atoms with van der Waals surface area (Å²) in [6, 6.07) is 0. The van der Waals surface area contributed by atoms with Gasteiger partial charge in [0.25, 0.3) is 0 Å². The van der Waals surface area contributed by atoms with Crippen LogP contribution in [0.3, 0.4) is 0 Å². The lowest BCUT2D eigenvalue weighted by Crippen LogP contribution is -2.37. The molecule has 0 fully saturated rings. The molecule has 2 heterocycles. The maximum Gasteiger partial charge on any atom is 0.410 e. The average Bonchev–Trinajstić information content (AvgIpc) is 2.61. The van der Waals surface area contributed by atoms with Crippen molar-refractivity contribution < 1.29 is 9.53 Å². The minimum absolute atomic E-state index is 0.215. The van der Waals surface area contributed by atoms with E-state index in [1.54, 1.807) is 4.90 Å². The monoisotopic (exact) mass is 251 g/mol. The Morgan fingerprint density at radius 3 is 2.89 bits per heavy atom. The molecule has 100 valence electrons. The number of rotatable bonds is 2. The zero-order valence-electron chi connectivity index (χ0n) is 11.6. The Balaban J connectivity index is 2.03. The van der Waals surface area contributed by atoms with Crippen LogP contribution in [0.4, 0.5) is 4.79 Å². The Morgan fingerprint density at radius 1 is 1.50 bits per heavy atom. The SMILES string of the molecule is Cc1nn(C)c2c1CCN(C(=O)OCC(C)C)C2. The molecule has 0 saturated carbocycles. The van der Waals surface area contributed by atoms with Gasteiger partial charge in [-0.25, -0.2) is 4.79 Å². The van der Waals surface area contributed by atoms with Crippen LogP contribution in [-0.2, 0) is 24.8 Å². The van der Waals surface area contributed by atoms with Gasteiger partial charge in [-0.2, -0.15) is 5.10 Å². The molecule has 18 heavy (non-hydrogen) atoms. The van der Waals surface area contributed by atoms with Crippen LogP contribution in [0.2, 0.25) is 0 Å². The number of carbonyl (C=O) groups is 1. The predicted molar refractivity (Wildman–Crippen MR) is 68.2 cm³/mol. The van der Waals surface area contributed by atoms with Gasteiger partial charge in [0.1, 0.15) is 0 Å². The van der Waals surface area contributed by atoms with Gasteiger partial charge in [-0.05, 0) is 24.8 Å². The number of aromatic nitrogens is 2. The van der Waals surface area contributed by atoms with E-state index in [-0.39, 0.29) is 6.09 Å². The Kier molecular flexibility index (Phi) is 3.59. The first-order valence-electron chi connectivity index (χ1n) is 6.42. The smallest absolute Gasteiger partial charge is 0.410 e. The molecule has 0 aliphatic carbocycles. The molecular weight excluding hydrogens is 230 g/mol. The lowest BCUT2D eigenvalue weighted by molar-refractivity contribution is 0.0870. The maximum atomic E-state index is 11.9. The van der Waals surface area contributed by atoms with Crippen LogP contribution in [0.5, 0.6) is 0 Å². The van der Waals surface area contributed by atoms with Crippen molar-refractivity contribution in [1.82, 2.24) is 14.7 Å². The highest BCUT2D eigenvalue weighted by atomic mass is 16.6. The van der Waals surface area contributed by atoms with Gasteiger partial charge in [0.2, 0.25) is 0 Å². The summed E-state index contributed by atoms with van der Waals surface area (Å²) in [5.41, 5.74) is 3.48. The first kappa shape index (κ1) is 12.9. The maximum absolute atomic E-state index is 11.9. The lowest BCUT2D eigenvalue weighted by Gasteiger charge is -2.27. The van der Waals surface area contributed by atoms with E-state index < -0.39 is 0 Å². The molecule has 5 nitrogen and oxygen atoms in total. The highest BCUT2D eigenvalue weighted by molar-refractivity contribution is 5.68. The summed E-state index contributed by atoms with van der Waals surface area (Å²) < 4.78 is 7.13. The van der Waals surface area contributed by atoms with E-state index in [1.165, 1.54) is 5.56 Å². The van der Waals surface area contributed by atoms with Crippen LogP contribution in [0, 0.1) is 12.8 Å². The quantitative estimate of drug-likeness (QED) is 0.806. The van der Waals surface area contributed by atoms with Crippen molar-refractivity contribution >= 4 is 6.09 Å². The van der Waals surface area contributed by atoms with Gasteiger partial charge in [0, 0.05) is 13.6 Å². The normalized spacial score (nSPS) is 14.8. The number of hydrogen-bond donors (Lipinski definition) is 0. The Hall–Kier alpha value is -1.52. The van der Waals surface area contributed by atoms with Gasteiger partial charge >= 0.3 is 6.09 Å². The highest BCUT2D eigenvalue weighted by Crippen LogP contribution is 2.21. The Labute approximate surface area is 108 Å². The molecule has 5 heteroatoms. The molecule has 0 radical (unpaired) electrons. The molecule has 1 aliphatic heterocycles. The van der Waals surface area contributed by atoms with E-state index >= 15 is 0 Å². The second-order valence-electron chi connectivity index (χ2n) is 5.28. The van der Waals surface area contributed by atoms with E-state index in [4.69, 9.17) is 4.74 Å². The molecule has 1 aromatic heterocycles. The fourth-order valence-corrected chi connectivity index (χ4v) is 2.26. The van der Waals surface area contributed by atoms with Crippen molar-refractivity contribution in [2.24, 2.45) is 13.0 Å². The fraction of sp³-hybridized carbons (Fsp3) is 0.692. The molecule has 0 bridgehead atoms. The number of fused-ring (bicyclic) bond motifs is 1. The van der Waals surface area contributed by atoms with Gasteiger partial charge in [0.15, 0.2) is 0 Å². The molecule has 1 aromatic rings. The molecule has 1 aliphatic rings. The van der Waals surface area contributed by atoms with Crippen LogP contribution in [0.15, 0.2) is 0 Å². The fourth-order valence-electron chi connectivity index (χ4n) is 2.26. The van der Waals surface area contributed by atoms with Crippen molar-refractivity contribution in [3.8, 4) is 0 Å². The van der Waals surface area contributed by atoms with Crippen LogP contribution in [-0.4, -0.2) is 33.9 Å². The summed E-state index contributed by atoms with van der Waals surface area (Å²) in [7, 11) is 1.93. The average molecular weight is 251 g/mol. The van der Waals surface area contributed by atoms with Crippen molar-refractivity contribution in [3.05, 3.63) is 17.0 Å². The molecule has 0 atom stereocenters. The van der Waals surface area contributed by atoms with Crippen molar-refractivity contribution in [3.63, 3.8) is 0 Å². The van der Waals surface area contributed by atoms with Crippen LogP contribution in [0.1, 0.15) is 30.8 Å². The van der Waals surface area contributed by atoms with E-state index in [0.29, 0.717) is 19.1 Å². The Bertz CT molecular complexity index is 451. The van der Waals surface area contributed by atoms with Crippen LogP contribution in [0.25, 0.3) is 0 Å². The first-order chi connectivity index (χ1) is 8.49. The molecule has 0 saturated heterocycles. The standard InChI is InChI=1S/C13H21N3O2/c1-9(2)8-18-13(17)16-6-5-11-10(3)14-15(4)12(11)7-16/h9H,5-8H2,1-4H3. The minimum atomic E-state index is -0.215. The number of nitrogens with zero attached hydrogens (tertiary/aromatic N) is 3. The van der Waals surface area contributed by atoms with Gasteiger partial charge in [-0.15, -0.1) is 0 Å². The van der Waals surface area contributed by atoms with Gasteiger partial charge < -0.3 is 9.64 Å². The molecule has 0 unspecified atom stereocenters. The molecular formula is C13H21N3O2. The number of carbonyl (C=O) groups excluding carboxylic acids is 1. The summed E-state index contributed by atoms with van der Waals surface area (Å²) >= 11 is 0. The summed E-state index contributed by atoms with van der Waals surface area (Å²) in [6.07, 6.45) is 0.652. The second kappa shape index (κ2) is 5.00. The molecule has 0 N–H and O–H groups in total. The molecule has 0 aromatic carbocycles. The zero-order chi connectivity index (χ0) is 13.3. The molecule has 0 spiro atoms. The van der Waals surface area contributed by atoms with Crippen molar-refractivity contribution in [2.45, 2.75) is 33.7 Å². The van der Waals surface area contributed by atoms with Crippen LogP contribution < -0.4 is 0 Å². The van der Waals surface area contributed by atoms with E-state index in [0.717, 1.165) is 24.4 Å². The summed E-state index contributed by atoms with van der Waals surface area (Å²) in [6.45, 7) is 7.89. The number of hydrogen-bond acceptors (Lipinski definition) is 3. The van der Waals surface area contributed by atoms with Crippen molar-refractivity contribution in [1.29, 1.82) is 0 Å². The first-order valence-corrected chi connectivity index (χ1v) is 6.42. The van der Waals surface area contributed by atoms with Gasteiger partial charge in [0.05, 0.1) is 24.5 Å². The highest BCUT2D eigenvalue weighted by Gasteiger charge is 2.26. The zero-order valence-corrected chi connectivity index (χ0v) is 11.6. The third-order valence-electron chi connectivity index (χ3n) is 3.25. The van der Waals surface area contributed by atoms with Gasteiger partial charge in [-0.3, -0.25) is 4.68 Å². The molecule has 2 rings (SSSR count). The second-order valence-corrected chi connectivity index (χ2v) is 5.28. The van der Waals surface area contributed by atoms with E-state index in [1.807, 2.05) is 32.5 Å². The van der Waals surface area contributed by atoms with Crippen LogP contribution >= 0.6 is 0 Å². The van der Waals surface area contributed by atoms with Crippen molar-refractivity contribution in [2.75, 3.05) is 13.2 Å². The summed E-state index contributed by atoms with van der Waals surface area (Å²) in [5, 5.41) is 4.40. The largest absolute Gasteiger partial charge is 0.449 e. The predicted octanol–water partition coefficient (Wildman–Crippen LogP) is 1.88. The van der Waals surface area contributed by atoms with E-state index in [2.05, 4.69) is 5.10 Å². The minimum Gasteiger partial charge on any atom is -0.449 e. The summed E-state index contributed by atoms with van der Waals surface area (Å²) in [4.78, 5) is 13.7.